The van der Waals surface area contributed by atoms with Gasteiger partial charge in [-0.05, 0) is 61.1 Å². The number of amides is 2. The lowest BCUT2D eigenvalue weighted by molar-refractivity contribution is -0.122. The number of para-hydroxylation sites is 1. The molecule has 1 fully saturated rings. The second-order valence-electron chi connectivity index (χ2n) is 8.66. The lowest BCUT2D eigenvalue weighted by Gasteiger charge is -2.31. The van der Waals surface area contributed by atoms with Gasteiger partial charge in [0.25, 0.3) is 11.8 Å². The van der Waals surface area contributed by atoms with Crippen LogP contribution in [0.4, 0.5) is 5.69 Å². The lowest BCUT2D eigenvalue weighted by Crippen LogP contribution is -2.38. The number of hydrogen-bond donors (Lipinski definition) is 1. The smallest absolute Gasteiger partial charge is 0.265 e. The summed E-state index contributed by atoms with van der Waals surface area (Å²) in [5, 5.41) is 2.89. The number of likely N-dealkylation sites (tertiary alicyclic amines) is 1. The molecule has 1 saturated heterocycles. The number of hydrogen-bond acceptors (Lipinski definition) is 3. The average molecular weight is 443 g/mol. The van der Waals surface area contributed by atoms with Crippen molar-refractivity contribution in [3.8, 4) is 16.9 Å². The van der Waals surface area contributed by atoms with E-state index in [-0.39, 0.29) is 11.8 Å². The topological polar surface area (TPSA) is 58.6 Å². The van der Waals surface area contributed by atoms with Crippen molar-refractivity contribution in [1.82, 2.24) is 4.90 Å². The van der Waals surface area contributed by atoms with E-state index in [0.717, 1.165) is 37.1 Å². The number of piperidine rings is 1. The summed E-state index contributed by atoms with van der Waals surface area (Å²) in [6.07, 6.45) is 1.30. The van der Waals surface area contributed by atoms with Gasteiger partial charge in [0.15, 0.2) is 6.10 Å². The number of ether oxygens (including phenoxy) is 1. The first kappa shape index (κ1) is 22.6. The van der Waals surface area contributed by atoms with Crippen molar-refractivity contribution in [2.24, 2.45) is 5.92 Å². The summed E-state index contributed by atoms with van der Waals surface area (Å²) in [7, 11) is 0. The molecule has 0 aromatic heterocycles. The first-order chi connectivity index (χ1) is 16.0. The van der Waals surface area contributed by atoms with Gasteiger partial charge in [-0.3, -0.25) is 9.59 Å². The summed E-state index contributed by atoms with van der Waals surface area (Å²) in [6.45, 7) is 5.42. The average Bonchev–Trinajstić information content (AvgIpc) is 2.85. The van der Waals surface area contributed by atoms with E-state index in [9.17, 15) is 9.59 Å². The van der Waals surface area contributed by atoms with E-state index in [1.165, 1.54) is 0 Å². The van der Waals surface area contributed by atoms with Crippen molar-refractivity contribution in [2.45, 2.75) is 32.8 Å². The lowest BCUT2D eigenvalue weighted by atomic mass is 9.98. The van der Waals surface area contributed by atoms with Gasteiger partial charge in [0.2, 0.25) is 0 Å². The van der Waals surface area contributed by atoms with E-state index in [0.29, 0.717) is 22.9 Å². The summed E-state index contributed by atoms with van der Waals surface area (Å²) in [6, 6.07) is 24.9. The second kappa shape index (κ2) is 10.3. The van der Waals surface area contributed by atoms with Gasteiger partial charge in [-0.1, -0.05) is 61.5 Å². The van der Waals surface area contributed by atoms with Crippen LogP contribution in [0.5, 0.6) is 5.75 Å². The van der Waals surface area contributed by atoms with Crippen LogP contribution < -0.4 is 10.1 Å². The summed E-state index contributed by atoms with van der Waals surface area (Å²) in [5.41, 5.74) is 3.24. The maximum atomic E-state index is 13.1. The Hall–Kier alpha value is -3.60. The minimum absolute atomic E-state index is 0.0390. The van der Waals surface area contributed by atoms with Gasteiger partial charge in [-0.15, -0.1) is 0 Å². The Bertz CT molecular complexity index is 1090. The molecular formula is C28H30N2O3. The standard InChI is InChI=1S/C28H30N2O3/c1-20-16-18-30(19-17-20)28(32)25-10-6-7-11-26(25)29-27(31)21(2)33-24-14-12-23(13-15-24)22-8-4-3-5-9-22/h3-15,20-21H,16-19H2,1-2H3,(H,29,31). The van der Waals surface area contributed by atoms with Gasteiger partial charge in [-0.2, -0.15) is 0 Å². The fourth-order valence-corrected chi connectivity index (χ4v) is 4.01. The zero-order valence-corrected chi connectivity index (χ0v) is 19.2. The van der Waals surface area contributed by atoms with Crippen LogP contribution in [0.25, 0.3) is 11.1 Å². The third-order valence-electron chi connectivity index (χ3n) is 6.13. The number of carbonyl (C=O) groups is 2. The molecule has 0 radical (unpaired) electrons. The molecule has 0 spiro atoms. The van der Waals surface area contributed by atoms with Gasteiger partial charge >= 0.3 is 0 Å². The minimum Gasteiger partial charge on any atom is -0.481 e. The Morgan fingerprint density at radius 1 is 0.879 bits per heavy atom. The number of benzene rings is 3. The zero-order valence-electron chi connectivity index (χ0n) is 19.2. The molecule has 1 N–H and O–H groups in total. The Balaban J connectivity index is 1.40. The number of anilines is 1. The molecule has 1 heterocycles. The van der Waals surface area contributed by atoms with E-state index in [1.807, 2.05) is 59.5 Å². The van der Waals surface area contributed by atoms with Crippen molar-refractivity contribution in [3.63, 3.8) is 0 Å². The summed E-state index contributed by atoms with van der Waals surface area (Å²) in [5.74, 6) is 0.922. The Morgan fingerprint density at radius 3 is 2.18 bits per heavy atom. The number of carbonyl (C=O) groups excluding carboxylic acids is 2. The minimum atomic E-state index is -0.716. The van der Waals surface area contributed by atoms with Crippen LogP contribution >= 0.6 is 0 Å². The fraction of sp³-hybridized carbons (Fsp3) is 0.286. The molecule has 4 rings (SSSR count). The number of rotatable bonds is 6. The third kappa shape index (κ3) is 5.61. The first-order valence-electron chi connectivity index (χ1n) is 11.5. The van der Waals surface area contributed by atoms with Gasteiger partial charge < -0.3 is 15.0 Å². The molecule has 1 unspecified atom stereocenters. The maximum absolute atomic E-state index is 13.1. The fourth-order valence-electron chi connectivity index (χ4n) is 4.01. The van der Waals surface area contributed by atoms with E-state index in [4.69, 9.17) is 4.74 Å². The van der Waals surface area contributed by atoms with E-state index in [2.05, 4.69) is 24.4 Å². The summed E-state index contributed by atoms with van der Waals surface area (Å²) >= 11 is 0. The van der Waals surface area contributed by atoms with Crippen molar-refractivity contribution in [2.75, 3.05) is 18.4 Å². The molecule has 0 aliphatic carbocycles. The molecule has 1 aliphatic rings. The molecule has 170 valence electrons. The molecule has 1 atom stereocenters. The predicted octanol–water partition coefficient (Wildman–Crippen LogP) is 5.63. The zero-order chi connectivity index (χ0) is 23.2. The highest BCUT2D eigenvalue weighted by molar-refractivity contribution is 6.04. The van der Waals surface area contributed by atoms with Gasteiger partial charge in [0.05, 0.1) is 11.3 Å². The molecule has 1 aliphatic heterocycles. The second-order valence-corrected chi connectivity index (χ2v) is 8.66. The molecule has 3 aromatic rings. The van der Waals surface area contributed by atoms with Crippen molar-refractivity contribution >= 4 is 17.5 Å². The van der Waals surface area contributed by atoms with Crippen LogP contribution in [0.3, 0.4) is 0 Å². The van der Waals surface area contributed by atoms with Crippen LogP contribution in [0, 0.1) is 5.92 Å². The van der Waals surface area contributed by atoms with Gasteiger partial charge in [0, 0.05) is 13.1 Å². The summed E-state index contributed by atoms with van der Waals surface area (Å²) in [4.78, 5) is 27.8. The van der Waals surface area contributed by atoms with Crippen molar-refractivity contribution in [1.29, 1.82) is 0 Å². The molecule has 5 heteroatoms. The molecule has 33 heavy (non-hydrogen) atoms. The van der Waals surface area contributed by atoms with E-state index >= 15 is 0 Å². The van der Waals surface area contributed by atoms with Crippen LogP contribution in [0.1, 0.15) is 37.0 Å². The molecule has 0 bridgehead atoms. The Morgan fingerprint density at radius 2 is 1.48 bits per heavy atom. The summed E-state index contributed by atoms with van der Waals surface area (Å²) < 4.78 is 5.86. The normalized spacial score (nSPS) is 15.0. The van der Waals surface area contributed by atoms with Gasteiger partial charge in [-0.25, -0.2) is 0 Å². The highest BCUT2D eigenvalue weighted by atomic mass is 16.5. The van der Waals surface area contributed by atoms with E-state index < -0.39 is 6.10 Å². The number of nitrogens with zero attached hydrogens (tertiary/aromatic N) is 1. The van der Waals surface area contributed by atoms with Crippen LogP contribution in [0.2, 0.25) is 0 Å². The third-order valence-corrected chi connectivity index (χ3v) is 6.13. The van der Waals surface area contributed by atoms with Crippen LogP contribution in [-0.2, 0) is 4.79 Å². The molecule has 2 amide bonds. The van der Waals surface area contributed by atoms with Gasteiger partial charge in [0.1, 0.15) is 5.75 Å². The molecular weight excluding hydrogens is 412 g/mol. The van der Waals surface area contributed by atoms with Crippen molar-refractivity contribution in [3.05, 3.63) is 84.4 Å². The van der Waals surface area contributed by atoms with E-state index in [1.54, 1.807) is 19.1 Å². The maximum Gasteiger partial charge on any atom is 0.265 e. The SMILES string of the molecule is CC1CCN(C(=O)c2ccccc2NC(=O)C(C)Oc2ccc(-c3ccccc3)cc2)CC1. The molecule has 0 saturated carbocycles. The Kier molecular flexibility index (Phi) is 7.08. The van der Waals surface area contributed by atoms with Crippen LogP contribution in [-0.4, -0.2) is 35.9 Å². The molecule has 3 aromatic carbocycles. The first-order valence-corrected chi connectivity index (χ1v) is 11.5. The van der Waals surface area contributed by atoms with Crippen LogP contribution in [0.15, 0.2) is 78.9 Å². The number of nitrogens with one attached hydrogen (secondary N) is 1. The molecule has 5 nitrogen and oxygen atoms in total. The van der Waals surface area contributed by atoms with Crippen molar-refractivity contribution < 1.29 is 14.3 Å². The predicted molar refractivity (Wildman–Crippen MR) is 131 cm³/mol. The Labute approximate surface area is 195 Å². The highest BCUT2D eigenvalue weighted by Gasteiger charge is 2.24. The highest BCUT2D eigenvalue weighted by Crippen LogP contribution is 2.24. The largest absolute Gasteiger partial charge is 0.481 e. The monoisotopic (exact) mass is 442 g/mol. The quantitative estimate of drug-likeness (QED) is 0.538.